The molecule has 0 aliphatic carbocycles. The summed E-state index contributed by atoms with van der Waals surface area (Å²) in [6.45, 7) is 1.66. The van der Waals surface area contributed by atoms with Crippen molar-refractivity contribution in [3.63, 3.8) is 0 Å². The Morgan fingerprint density at radius 2 is 2.00 bits per heavy atom. The molecule has 2 aromatic rings. The maximum absolute atomic E-state index is 13.4. The van der Waals surface area contributed by atoms with Gasteiger partial charge in [0.2, 0.25) is 0 Å². The van der Waals surface area contributed by atoms with Gasteiger partial charge in [-0.25, -0.2) is 9.37 Å². The van der Waals surface area contributed by atoms with E-state index in [1.54, 1.807) is 6.92 Å². The Morgan fingerprint density at radius 3 is 2.47 bits per heavy atom. The van der Waals surface area contributed by atoms with Gasteiger partial charge in [0.1, 0.15) is 11.9 Å². The lowest BCUT2D eigenvalue weighted by Gasteiger charge is -2.13. The Balaban J connectivity index is 2.38. The van der Waals surface area contributed by atoms with Crippen LogP contribution in [0.1, 0.15) is 27.8 Å². The van der Waals surface area contributed by atoms with Crippen molar-refractivity contribution in [3.05, 3.63) is 51.2 Å². The number of alkyl halides is 3. The molecule has 0 radical (unpaired) electrons. The van der Waals surface area contributed by atoms with E-state index in [-0.39, 0.29) is 5.56 Å². The molecule has 19 heavy (non-hydrogen) atoms. The van der Waals surface area contributed by atoms with Crippen molar-refractivity contribution in [1.29, 1.82) is 0 Å². The molecule has 1 aromatic carbocycles. The summed E-state index contributed by atoms with van der Waals surface area (Å²) in [7, 11) is 0. The third kappa shape index (κ3) is 2.76. The van der Waals surface area contributed by atoms with Crippen LogP contribution in [0.2, 0.25) is 0 Å². The van der Waals surface area contributed by atoms with Gasteiger partial charge in [-0.15, -0.1) is 11.3 Å². The lowest BCUT2D eigenvalue weighted by Crippen LogP contribution is -2.09. The van der Waals surface area contributed by atoms with Crippen molar-refractivity contribution >= 4 is 11.3 Å². The first-order chi connectivity index (χ1) is 8.80. The van der Waals surface area contributed by atoms with Gasteiger partial charge in [-0.05, 0) is 24.6 Å². The summed E-state index contributed by atoms with van der Waals surface area (Å²) in [4.78, 5) is 4.41. The van der Waals surface area contributed by atoms with Gasteiger partial charge >= 0.3 is 6.18 Å². The van der Waals surface area contributed by atoms with Crippen LogP contribution in [0.4, 0.5) is 17.6 Å². The Bertz CT molecular complexity index is 594. The van der Waals surface area contributed by atoms with Crippen molar-refractivity contribution in [2.45, 2.75) is 19.2 Å². The highest BCUT2D eigenvalue weighted by atomic mass is 32.1. The molecule has 1 N–H and O–H groups in total. The number of aromatic nitrogens is 1. The van der Waals surface area contributed by atoms with E-state index in [0.29, 0.717) is 22.7 Å². The zero-order valence-electron chi connectivity index (χ0n) is 9.70. The predicted molar refractivity (Wildman–Crippen MR) is 62.3 cm³/mol. The minimum Gasteiger partial charge on any atom is -0.383 e. The Labute approximate surface area is 110 Å². The molecule has 1 unspecified atom stereocenters. The van der Waals surface area contributed by atoms with Crippen LogP contribution in [0.15, 0.2) is 23.7 Å². The van der Waals surface area contributed by atoms with Gasteiger partial charge in [0.15, 0.2) is 0 Å². The molecular formula is C12H9F4NOS. The van der Waals surface area contributed by atoms with Crippen molar-refractivity contribution in [3.8, 4) is 0 Å². The van der Waals surface area contributed by atoms with E-state index in [1.807, 2.05) is 0 Å². The van der Waals surface area contributed by atoms with E-state index >= 15 is 0 Å². The SMILES string of the molecule is Cc1ncsc1C(O)c1ccc(C(F)(F)F)c(F)c1. The van der Waals surface area contributed by atoms with Crippen LogP contribution in [0, 0.1) is 12.7 Å². The molecule has 1 heterocycles. The van der Waals surface area contributed by atoms with Gasteiger partial charge in [-0.2, -0.15) is 13.2 Å². The second kappa shape index (κ2) is 4.90. The molecule has 2 nitrogen and oxygen atoms in total. The molecule has 1 atom stereocenters. The highest BCUT2D eigenvalue weighted by Gasteiger charge is 2.34. The number of aliphatic hydroxyl groups excluding tert-OH is 1. The molecule has 0 spiro atoms. The Morgan fingerprint density at radius 1 is 1.32 bits per heavy atom. The summed E-state index contributed by atoms with van der Waals surface area (Å²) in [6, 6.07) is 2.40. The van der Waals surface area contributed by atoms with Gasteiger partial charge in [-0.1, -0.05) is 6.07 Å². The van der Waals surface area contributed by atoms with E-state index < -0.39 is 23.7 Å². The normalized spacial score (nSPS) is 13.6. The lowest BCUT2D eigenvalue weighted by molar-refractivity contribution is -0.140. The zero-order chi connectivity index (χ0) is 14.2. The van der Waals surface area contributed by atoms with E-state index in [9.17, 15) is 22.7 Å². The summed E-state index contributed by atoms with van der Waals surface area (Å²) >= 11 is 1.16. The van der Waals surface area contributed by atoms with E-state index in [4.69, 9.17) is 0 Å². The third-order valence-corrected chi connectivity index (χ3v) is 3.63. The number of hydrogen-bond donors (Lipinski definition) is 1. The predicted octanol–water partition coefficient (Wildman–Crippen LogP) is 3.69. The summed E-state index contributed by atoms with van der Waals surface area (Å²) in [5.41, 5.74) is 0.800. The fourth-order valence-corrected chi connectivity index (χ4v) is 2.47. The summed E-state index contributed by atoms with van der Waals surface area (Å²) in [5.74, 6) is -1.40. The fraction of sp³-hybridized carbons (Fsp3) is 0.250. The fourth-order valence-electron chi connectivity index (χ4n) is 1.66. The third-order valence-electron chi connectivity index (χ3n) is 2.65. The summed E-state index contributed by atoms with van der Waals surface area (Å²) in [6.07, 6.45) is -5.92. The lowest BCUT2D eigenvalue weighted by atomic mass is 10.0. The number of aliphatic hydroxyl groups is 1. The summed E-state index contributed by atoms with van der Waals surface area (Å²) < 4.78 is 50.6. The second-order valence-corrected chi connectivity index (χ2v) is 4.83. The monoisotopic (exact) mass is 291 g/mol. The molecule has 2 rings (SSSR count). The molecule has 0 bridgehead atoms. The summed E-state index contributed by atoms with van der Waals surface area (Å²) in [5, 5.41) is 10.0. The first-order valence-corrected chi connectivity index (χ1v) is 6.13. The standard InChI is InChI=1S/C12H9F4NOS/c1-6-11(19-5-17-6)10(18)7-2-3-8(9(13)4-7)12(14,15)16/h2-5,10,18H,1H3. The minimum atomic E-state index is -4.74. The molecule has 0 aliphatic heterocycles. The van der Waals surface area contributed by atoms with Crippen molar-refractivity contribution < 1.29 is 22.7 Å². The van der Waals surface area contributed by atoms with Crippen LogP contribution >= 0.6 is 11.3 Å². The number of benzene rings is 1. The van der Waals surface area contributed by atoms with Crippen molar-refractivity contribution in [2.75, 3.05) is 0 Å². The van der Waals surface area contributed by atoms with E-state index in [0.717, 1.165) is 17.4 Å². The molecule has 0 fully saturated rings. The molecule has 0 saturated heterocycles. The minimum absolute atomic E-state index is 0.0675. The Kier molecular flexibility index (Phi) is 3.60. The molecule has 1 aromatic heterocycles. The number of thiazole rings is 1. The molecule has 0 saturated carbocycles. The first-order valence-electron chi connectivity index (χ1n) is 5.25. The highest BCUT2D eigenvalue weighted by Crippen LogP contribution is 2.34. The maximum atomic E-state index is 13.4. The number of aryl methyl sites for hydroxylation is 1. The average Bonchev–Trinajstić information content (AvgIpc) is 2.72. The molecule has 7 heteroatoms. The number of hydrogen-bond acceptors (Lipinski definition) is 3. The van der Waals surface area contributed by atoms with Crippen LogP contribution in [0.3, 0.4) is 0 Å². The van der Waals surface area contributed by atoms with Gasteiger partial charge in [0, 0.05) is 0 Å². The quantitative estimate of drug-likeness (QED) is 0.856. The Hall–Kier alpha value is -1.47. The van der Waals surface area contributed by atoms with E-state index in [1.165, 1.54) is 5.51 Å². The smallest absolute Gasteiger partial charge is 0.383 e. The van der Waals surface area contributed by atoms with E-state index in [2.05, 4.69) is 4.98 Å². The average molecular weight is 291 g/mol. The number of rotatable bonds is 2. The maximum Gasteiger partial charge on any atom is 0.419 e. The molecule has 0 amide bonds. The van der Waals surface area contributed by atoms with Crippen LogP contribution in [0.25, 0.3) is 0 Å². The van der Waals surface area contributed by atoms with Crippen LogP contribution in [-0.2, 0) is 6.18 Å². The molecule has 102 valence electrons. The highest BCUT2D eigenvalue weighted by molar-refractivity contribution is 7.09. The molecule has 0 aliphatic rings. The first kappa shape index (κ1) is 14.0. The van der Waals surface area contributed by atoms with Gasteiger partial charge in [-0.3, -0.25) is 0 Å². The van der Waals surface area contributed by atoms with Crippen molar-refractivity contribution in [1.82, 2.24) is 4.98 Å². The van der Waals surface area contributed by atoms with Crippen molar-refractivity contribution in [2.24, 2.45) is 0 Å². The largest absolute Gasteiger partial charge is 0.419 e. The molecular weight excluding hydrogens is 282 g/mol. The van der Waals surface area contributed by atoms with Gasteiger partial charge < -0.3 is 5.11 Å². The second-order valence-electron chi connectivity index (χ2n) is 3.94. The van der Waals surface area contributed by atoms with Crippen LogP contribution in [-0.4, -0.2) is 10.1 Å². The number of halogens is 4. The van der Waals surface area contributed by atoms with Gasteiger partial charge in [0.25, 0.3) is 0 Å². The number of nitrogens with zero attached hydrogens (tertiary/aromatic N) is 1. The van der Waals surface area contributed by atoms with Gasteiger partial charge in [0.05, 0.1) is 21.6 Å². The topological polar surface area (TPSA) is 33.1 Å². The van der Waals surface area contributed by atoms with Crippen LogP contribution in [0.5, 0.6) is 0 Å². The zero-order valence-corrected chi connectivity index (χ0v) is 10.5. The van der Waals surface area contributed by atoms with Crippen LogP contribution < -0.4 is 0 Å².